The van der Waals surface area contributed by atoms with Gasteiger partial charge in [-0.3, -0.25) is 4.79 Å². The van der Waals surface area contributed by atoms with Crippen LogP contribution in [0.2, 0.25) is 0 Å². The highest BCUT2D eigenvalue weighted by Crippen LogP contribution is 2.30. The van der Waals surface area contributed by atoms with Gasteiger partial charge in [0.15, 0.2) is 0 Å². The molecule has 0 bridgehead atoms. The first kappa shape index (κ1) is 18.9. The van der Waals surface area contributed by atoms with Crippen molar-refractivity contribution in [2.75, 3.05) is 24.5 Å². The highest BCUT2D eigenvalue weighted by atomic mass is 32.2. The number of anilines is 1. The molecule has 2 aliphatic heterocycles. The lowest BCUT2D eigenvalue weighted by atomic mass is 10.0. The zero-order valence-corrected chi connectivity index (χ0v) is 16.8. The lowest BCUT2D eigenvalue weighted by Gasteiger charge is -2.27. The second-order valence-corrected chi connectivity index (χ2v) is 9.21. The average molecular weight is 397 g/mol. The predicted octanol–water partition coefficient (Wildman–Crippen LogP) is 3.60. The van der Waals surface area contributed by atoms with Gasteiger partial charge in [-0.1, -0.05) is 36.4 Å². The monoisotopic (exact) mass is 396 g/mol. The molecule has 1 amide bonds. The number of amides is 1. The lowest BCUT2D eigenvalue weighted by Crippen LogP contribution is -2.35. The molecule has 0 spiro atoms. The van der Waals surface area contributed by atoms with E-state index in [1.165, 1.54) is 9.88 Å². The SMILES string of the molecule is Cc1cc(N2CCCC2=O)ccc1S(=O)(=O)N1CC=C(c2ccccc2)CC1. The maximum atomic E-state index is 13.2. The summed E-state index contributed by atoms with van der Waals surface area (Å²) in [6, 6.07) is 15.3. The number of nitrogens with zero attached hydrogens (tertiary/aromatic N) is 2. The van der Waals surface area contributed by atoms with Crippen LogP contribution in [0.15, 0.2) is 59.5 Å². The standard InChI is InChI=1S/C22H24N2O3S/c1-17-16-20(24-13-5-8-22(24)25)9-10-21(17)28(26,27)23-14-11-19(12-15-23)18-6-3-2-4-7-18/h2-4,6-7,9-11,16H,5,8,12-15H2,1H3. The summed E-state index contributed by atoms with van der Waals surface area (Å²) in [5, 5.41) is 0. The molecule has 2 aliphatic rings. The second-order valence-electron chi connectivity index (χ2n) is 7.31. The van der Waals surface area contributed by atoms with Crippen molar-refractivity contribution in [2.24, 2.45) is 0 Å². The molecule has 0 saturated carbocycles. The fraction of sp³-hybridized carbons (Fsp3) is 0.318. The molecule has 28 heavy (non-hydrogen) atoms. The van der Waals surface area contributed by atoms with E-state index in [2.05, 4.69) is 12.1 Å². The Kier molecular flexibility index (Phi) is 5.08. The molecule has 146 valence electrons. The Morgan fingerprint density at radius 3 is 2.36 bits per heavy atom. The molecular formula is C22H24N2O3S. The van der Waals surface area contributed by atoms with Crippen LogP contribution >= 0.6 is 0 Å². The van der Waals surface area contributed by atoms with E-state index in [0.717, 1.165) is 17.7 Å². The van der Waals surface area contributed by atoms with E-state index < -0.39 is 10.0 Å². The molecule has 0 N–H and O–H groups in total. The van der Waals surface area contributed by atoms with Crippen LogP contribution in [0.5, 0.6) is 0 Å². The smallest absolute Gasteiger partial charge is 0.243 e. The molecule has 6 heteroatoms. The number of sulfonamides is 1. The number of benzene rings is 2. The van der Waals surface area contributed by atoms with Gasteiger partial charge in [-0.2, -0.15) is 4.31 Å². The number of hydrogen-bond acceptors (Lipinski definition) is 3. The lowest BCUT2D eigenvalue weighted by molar-refractivity contribution is -0.117. The van der Waals surface area contributed by atoms with Crippen molar-refractivity contribution in [3.8, 4) is 0 Å². The van der Waals surface area contributed by atoms with Crippen molar-refractivity contribution >= 4 is 27.2 Å². The molecule has 0 radical (unpaired) electrons. The molecule has 1 fully saturated rings. The molecule has 0 aromatic heterocycles. The number of carbonyl (C=O) groups is 1. The van der Waals surface area contributed by atoms with E-state index in [1.807, 2.05) is 30.3 Å². The summed E-state index contributed by atoms with van der Waals surface area (Å²) in [5.41, 5.74) is 3.79. The molecule has 5 nitrogen and oxygen atoms in total. The van der Waals surface area contributed by atoms with Gasteiger partial charge in [0.2, 0.25) is 15.9 Å². The quantitative estimate of drug-likeness (QED) is 0.793. The number of rotatable bonds is 4. The summed E-state index contributed by atoms with van der Waals surface area (Å²) >= 11 is 0. The second kappa shape index (κ2) is 7.53. The van der Waals surface area contributed by atoms with Gasteiger partial charge in [0.25, 0.3) is 0 Å². The number of hydrogen-bond donors (Lipinski definition) is 0. The Balaban J connectivity index is 1.56. The van der Waals surface area contributed by atoms with Gasteiger partial charge in [0, 0.05) is 31.7 Å². The highest BCUT2D eigenvalue weighted by molar-refractivity contribution is 7.89. The zero-order valence-electron chi connectivity index (χ0n) is 16.0. The van der Waals surface area contributed by atoms with Gasteiger partial charge in [-0.25, -0.2) is 8.42 Å². The molecule has 1 saturated heterocycles. The number of aryl methyl sites for hydroxylation is 1. The van der Waals surface area contributed by atoms with Crippen molar-refractivity contribution < 1.29 is 13.2 Å². The molecule has 4 rings (SSSR count). The van der Waals surface area contributed by atoms with Gasteiger partial charge in [-0.15, -0.1) is 0 Å². The van der Waals surface area contributed by atoms with Crippen LogP contribution in [0.1, 0.15) is 30.4 Å². The Morgan fingerprint density at radius 1 is 0.964 bits per heavy atom. The third-order valence-corrected chi connectivity index (χ3v) is 7.50. The molecule has 0 unspecified atom stereocenters. The molecule has 0 atom stereocenters. The summed E-state index contributed by atoms with van der Waals surface area (Å²) in [6.45, 7) is 3.34. The van der Waals surface area contributed by atoms with Crippen LogP contribution in [0.3, 0.4) is 0 Å². The Hall–Kier alpha value is -2.44. The first-order chi connectivity index (χ1) is 13.5. The van der Waals surface area contributed by atoms with E-state index in [0.29, 0.717) is 42.9 Å². The van der Waals surface area contributed by atoms with Crippen LogP contribution in [0, 0.1) is 6.92 Å². The summed E-state index contributed by atoms with van der Waals surface area (Å²) in [4.78, 5) is 14.0. The van der Waals surface area contributed by atoms with E-state index >= 15 is 0 Å². The van der Waals surface area contributed by atoms with Gasteiger partial charge in [-0.05, 0) is 54.7 Å². The third-order valence-electron chi connectivity index (χ3n) is 5.48. The van der Waals surface area contributed by atoms with Gasteiger partial charge < -0.3 is 4.90 Å². The van der Waals surface area contributed by atoms with E-state index in [9.17, 15) is 13.2 Å². The maximum Gasteiger partial charge on any atom is 0.243 e. The van der Waals surface area contributed by atoms with E-state index in [-0.39, 0.29) is 5.91 Å². The van der Waals surface area contributed by atoms with Crippen molar-refractivity contribution in [2.45, 2.75) is 31.1 Å². The molecular weight excluding hydrogens is 372 g/mol. The largest absolute Gasteiger partial charge is 0.312 e. The van der Waals surface area contributed by atoms with Crippen LogP contribution < -0.4 is 4.90 Å². The number of carbonyl (C=O) groups excluding carboxylic acids is 1. The molecule has 2 aromatic rings. The fourth-order valence-electron chi connectivity index (χ4n) is 3.93. The molecule has 2 heterocycles. The first-order valence-corrected chi connectivity index (χ1v) is 11.1. The summed E-state index contributed by atoms with van der Waals surface area (Å²) < 4.78 is 27.9. The summed E-state index contributed by atoms with van der Waals surface area (Å²) in [6.07, 6.45) is 4.11. The summed E-state index contributed by atoms with van der Waals surface area (Å²) in [7, 11) is -3.57. The Labute approximate surface area is 166 Å². The average Bonchev–Trinajstić information content (AvgIpc) is 3.14. The molecule has 2 aromatic carbocycles. The maximum absolute atomic E-state index is 13.2. The van der Waals surface area contributed by atoms with Crippen molar-refractivity contribution in [3.63, 3.8) is 0 Å². The summed E-state index contributed by atoms with van der Waals surface area (Å²) in [5.74, 6) is 0.101. The van der Waals surface area contributed by atoms with Gasteiger partial charge in [0.1, 0.15) is 0 Å². The first-order valence-electron chi connectivity index (χ1n) is 9.62. The third kappa shape index (κ3) is 3.50. The van der Waals surface area contributed by atoms with E-state index in [4.69, 9.17) is 0 Å². The highest BCUT2D eigenvalue weighted by Gasteiger charge is 2.29. The Bertz CT molecular complexity index is 1030. The van der Waals surface area contributed by atoms with Crippen molar-refractivity contribution in [1.82, 2.24) is 4.31 Å². The normalized spacial score (nSPS) is 18.4. The van der Waals surface area contributed by atoms with Crippen LogP contribution in [-0.4, -0.2) is 38.3 Å². The van der Waals surface area contributed by atoms with Gasteiger partial charge >= 0.3 is 0 Å². The van der Waals surface area contributed by atoms with Crippen LogP contribution in [0.25, 0.3) is 5.57 Å². The molecule has 0 aliphatic carbocycles. The Morgan fingerprint density at radius 2 is 1.75 bits per heavy atom. The van der Waals surface area contributed by atoms with E-state index in [1.54, 1.807) is 24.0 Å². The minimum atomic E-state index is -3.57. The zero-order chi connectivity index (χ0) is 19.7. The van der Waals surface area contributed by atoms with Gasteiger partial charge in [0.05, 0.1) is 4.90 Å². The minimum Gasteiger partial charge on any atom is -0.312 e. The minimum absolute atomic E-state index is 0.101. The van der Waals surface area contributed by atoms with Crippen molar-refractivity contribution in [1.29, 1.82) is 0 Å². The van der Waals surface area contributed by atoms with Crippen molar-refractivity contribution in [3.05, 3.63) is 65.7 Å². The van der Waals surface area contributed by atoms with Crippen LogP contribution in [0.4, 0.5) is 5.69 Å². The van der Waals surface area contributed by atoms with Crippen LogP contribution in [-0.2, 0) is 14.8 Å². The fourth-order valence-corrected chi connectivity index (χ4v) is 5.52. The predicted molar refractivity (Wildman–Crippen MR) is 111 cm³/mol. The topological polar surface area (TPSA) is 57.7 Å².